The van der Waals surface area contributed by atoms with Crippen molar-refractivity contribution in [2.45, 2.75) is 19.9 Å². The number of pyridine rings is 1. The maximum absolute atomic E-state index is 5.53. The van der Waals surface area contributed by atoms with E-state index in [9.17, 15) is 0 Å². The van der Waals surface area contributed by atoms with Crippen LogP contribution in [0.1, 0.15) is 18.9 Å². The summed E-state index contributed by atoms with van der Waals surface area (Å²) in [6, 6.07) is 3.93. The molecule has 0 radical (unpaired) electrons. The molecular formula is C14H24N2O3. The fourth-order valence-electron chi connectivity index (χ4n) is 1.45. The van der Waals surface area contributed by atoms with Gasteiger partial charge in [-0.3, -0.25) is 0 Å². The number of methoxy groups -OCH3 is 1. The first-order valence-corrected chi connectivity index (χ1v) is 6.72. The lowest BCUT2D eigenvalue weighted by molar-refractivity contribution is 0.0642. The van der Waals surface area contributed by atoms with E-state index in [0.29, 0.717) is 32.3 Å². The van der Waals surface area contributed by atoms with Crippen LogP contribution in [-0.2, 0) is 16.0 Å². The van der Waals surface area contributed by atoms with Crippen molar-refractivity contribution in [3.05, 3.63) is 23.9 Å². The SMILES string of the molecule is CCNCc1ccc(OCCCOCCOC)nc1. The molecule has 0 aromatic carbocycles. The summed E-state index contributed by atoms with van der Waals surface area (Å²) in [5.41, 5.74) is 1.16. The number of hydrogen-bond donors (Lipinski definition) is 1. The monoisotopic (exact) mass is 268 g/mol. The Labute approximate surface area is 115 Å². The van der Waals surface area contributed by atoms with Crippen LogP contribution in [0, 0.1) is 0 Å². The number of aromatic nitrogens is 1. The largest absolute Gasteiger partial charge is 0.478 e. The summed E-state index contributed by atoms with van der Waals surface area (Å²) in [4.78, 5) is 4.26. The average molecular weight is 268 g/mol. The Bertz CT molecular complexity index is 317. The first kappa shape index (κ1) is 15.9. The number of nitrogens with zero attached hydrogens (tertiary/aromatic N) is 1. The molecule has 0 bridgehead atoms. The molecule has 1 rings (SSSR count). The van der Waals surface area contributed by atoms with Crippen LogP contribution in [0.3, 0.4) is 0 Å². The van der Waals surface area contributed by atoms with Crippen LogP contribution in [0.15, 0.2) is 18.3 Å². The summed E-state index contributed by atoms with van der Waals surface area (Å²) in [5, 5.41) is 3.25. The second-order valence-corrected chi connectivity index (χ2v) is 4.09. The molecule has 0 saturated carbocycles. The Kier molecular flexibility index (Phi) is 8.97. The number of rotatable bonds is 11. The summed E-state index contributed by atoms with van der Waals surface area (Å²) in [6.07, 6.45) is 2.69. The van der Waals surface area contributed by atoms with Crippen molar-refractivity contribution in [1.82, 2.24) is 10.3 Å². The highest BCUT2D eigenvalue weighted by Gasteiger charge is 1.97. The van der Waals surface area contributed by atoms with Gasteiger partial charge in [-0.25, -0.2) is 4.98 Å². The summed E-state index contributed by atoms with van der Waals surface area (Å²) >= 11 is 0. The molecule has 108 valence electrons. The maximum atomic E-state index is 5.53. The van der Waals surface area contributed by atoms with Crippen molar-refractivity contribution in [1.29, 1.82) is 0 Å². The van der Waals surface area contributed by atoms with Gasteiger partial charge in [-0.05, 0) is 12.1 Å². The minimum Gasteiger partial charge on any atom is -0.478 e. The van der Waals surface area contributed by atoms with Gasteiger partial charge in [0.15, 0.2) is 0 Å². The fraction of sp³-hybridized carbons (Fsp3) is 0.643. The smallest absolute Gasteiger partial charge is 0.213 e. The lowest BCUT2D eigenvalue weighted by atomic mass is 10.3. The van der Waals surface area contributed by atoms with Gasteiger partial charge in [-0.2, -0.15) is 0 Å². The van der Waals surface area contributed by atoms with E-state index in [-0.39, 0.29) is 0 Å². The fourth-order valence-corrected chi connectivity index (χ4v) is 1.45. The molecule has 0 saturated heterocycles. The Balaban J connectivity index is 2.09. The number of ether oxygens (including phenoxy) is 3. The predicted octanol–water partition coefficient (Wildman–Crippen LogP) is 1.62. The zero-order valence-electron chi connectivity index (χ0n) is 11.9. The van der Waals surface area contributed by atoms with Gasteiger partial charge in [0.25, 0.3) is 0 Å². The first-order valence-electron chi connectivity index (χ1n) is 6.72. The Morgan fingerprint density at radius 1 is 1.16 bits per heavy atom. The van der Waals surface area contributed by atoms with Gasteiger partial charge < -0.3 is 19.5 Å². The van der Waals surface area contributed by atoms with Gasteiger partial charge in [0, 0.05) is 38.9 Å². The normalized spacial score (nSPS) is 10.6. The molecule has 1 N–H and O–H groups in total. The zero-order valence-corrected chi connectivity index (χ0v) is 11.9. The third-order valence-corrected chi connectivity index (χ3v) is 2.49. The van der Waals surface area contributed by atoms with Gasteiger partial charge in [0.2, 0.25) is 5.88 Å². The van der Waals surface area contributed by atoms with E-state index in [1.807, 2.05) is 18.3 Å². The molecule has 5 heteroatoms. The topological polar surface area (TPSA) is 52.6 Å². The molecule has 1 aromatic heterocycles. The van der Waals surface area contributed by atoms with Crippen LogP contribution in [-0.4, -0.2) is 45.1 Å². The highest BCUT2D eigenvalue weighted by Crippen LogP contribution is 2.07. The highest BCUT2D eigenvalue weighted by molar-refractivity contribution is 5.17. The van der Waals surface area contributed by atoms with Crippen LogP contribution < -0.4 is 10.1 Å². The molecule has 0 aliphatic heterocycles. The molecule has 0 aliphatic carbocycles. The van der Waals surface area contributed by atoms with E-state index in [1.54, 1.807) is 7.11 Å². The third-order valence-electron chi connectivity index (χ3n) is 2.49. The minimum atomic E-state index is 0.618. The van der Waals surface area contributed by atoms with E-state index in [4.69, 9.17) is 14.2 Å². The summed E-state index contributed by atoms with van der Waals surface area (Å²) in [7, 11) is 1.66. The lowest BCUT2D eigenvalue weighted by Gasteiger charge is -2.07. The van der Waals surface area contributed by atoms with Crippen molar-refractivity contribution >= 4 is 0 Å². The van der Waals surface area contributed by atoms with Crippen LogP contribution >= 0.6 is 0 Å². The van der Waals surface area contributed by atoms with E-state index in [1.165, 1.54) is 0 Å². The molecule has 0 fully saturated rings. The van der Waals surface area contributed by atoms with Gasteiger partial charge in [-0.1, -0.05) is 13.0 Å². The van der Waals surface area contributed by atoms with E-state index in [2.05, 4.69) is 17.2 Å². The van der Waals surface area contributed by atoms with Crippen LogP contribution in [0.5, 0.6) is 5.88 Å². The van der Waals surface area contributed by atoms with Crippen molar-refractivity contribution in [3.63, 3.8) is 0 Å². The molecule has 0 unspecified atom stereocenters. The molecular weight excluding hydrogens is 244 g/mol. The molecule has 0 aliphatic rings. The predicted molar refractivity (Wildman–Crippen MR) is 74.4 cm³/mol. The summed E-state index contributed by atoms with van der Waals surface area (Å²) in [5.74, 6) is 0.664. The van der Waals surface area contributed by atoms with E-state index in [0.717, 1.165) is 25.1 Å². The van der Waals surface area contributed by atoms with Gasteiger partial charge >= 0.3 is 0 Å². The van der Waals surface area contributed by atoms with E-state index < -0.39 is 0 Å². The van der Waals surface area contributed by atoms with Gasteiger partial charge in [-0.15, -0.1) is 0 Å². The molecule has 0 amide bonds. The molecule has 1 heterocycles. The minimum absolute atomic E-state index is 0.618. The van der Waals surface area contributed by atoms with Crippen molar-refractivity contribution in [2.24, 2.45) is 0 Å². The van der Waals surface area contributed by atoms with Crippen molar-refractivity contribution < 1.29 is 14.2 Å². The van der Waals surface area contributed by atoms with Gasteiger partial charge in [0.1, 0.15) is 0 Å². The molecule has 0 spiro atoms. The molecule has 5 nitrogen and oxygen atoms in total. The number of nitrogens with one attached hydrogen (secondary N) is 1. The maximum Gasteiger partial charge on any atom is 0.213 e. The van der Waals surface area contributed by atoms with Crippen LogP contribution in [0.4, 0.5) is 0 Å². The quantitative estimate of drug-likeness (QED) is 0.618. The molecule has 19 heavy (non-hydrogen) atoms. The third kappa shape index (κ3) is 7.77. The molecule has 0 atom stereocenters. The Morgan fingerprint density at radius 2 is 2.05 bits per heavy atom. The second kappa shape index (κ2) is 10.7. The highest BCUT2D eigenvalue weighted by atomic mass is 16.5. The zero-order chi connectivity index (χ0) is 13.8. The molecule has 1 aromatic rings. The van der Waals surface area contributed by atoms with Crippen molar-refractivity contribution in [2.75, 3.05) is 40.1 Å². The first-order chi connectivity index (χ1) is 9.36. The van der Waals surface area contributed by atoms with E-state index >= 15 is 0 Å². The standard InChI is InChI=1S/C14H24N2O3/c1-3-15-11-13-5-6-14(16-12-13)19-8-4-7-18-10-9-17-2/h5-6,12,15H,3-4,7-11H2,1-2H3. The van der Waals surface area contributed by atoms with Crippen molar-refractivity contribution in [3.8, 4) is 5.88 Å². The average Bonchev–Trinajstić information content (AvgIpc) is 2.45. The summed E-state index contributed by atoms with van der Waals surface area (Å²) < 4.78 is 15.8. The van der Waals surface area contributed by atoms with Crippen LogP contribution in [0.2, 0.25) is 0 Å². The van der Waals surface area contributed by atoms with Gasteiger partial charge in [0.05, 0.1) is 19.8 Å². The second-order valence-electron chi connectivity index (χ2n) is 4.09. The Morgan fingerprint density at radius 3 is 2.74 bits per heavy atom. The summed E-state index contributed by atoms with van der Waals surface area (Å²) in [6.45, 7) is 6.45. The lowest BCUT2D eigenvalue weighted by Crippen LogP contribution is -2.12. The van der Waals surface area contributed by atoms with Crippen LogP contribution in [0.25, 0.3) is 0 Å². The number of hydrogen-bond acceptors (Lipinski definition) is 5. The Hall–Kier alpha value is -1.17.